The van der Waals surface area contributed by atoms with Crippen molar-refractivity contribution < 1.29 is 4.79 Å². The van der Waals surface area contributed by atoms with Crippen LogP contribution in [0, 0.1) is 0 Å². The molecule has 1 aromatic rings. The fourth-order valence-electron chi connectivity index (χ4n) is 3.19. The van der Waals surface area contributed by atoms with Crippen molar-refractivity contribution in [2.75, 3.05) is 38.5 Å². The molecule has 4 heteroatoms. The first-order valence-corrected chi connectivity index (χ1v) is 9.08. The summed E-state index contributed by atoms with van der Waals surface area (Å²) in [5.41, 5.74) is 7.15. The molecular formula is C19H31N3O. The highest BCUT2D eigenvalue weighted by Gasteiger charge is 2.20. The molecule has 1 aromatic carbocycles. The zero-order valence-electron chi connectivity index (χ0n) is 14.5. The third kappa shape index (κ3) is 5.87. The Bertz CT molecular complexity index is 489. The maximum Gasteiger partial charge on any atom is 0.253 e. The topological polar surface area (TPSA) is 49.6 Å². The van der Waals surface area contributed by atoms with Crippen LogP contribution in [0.4, 0.5) is 5.69 Å². The molecule has 1 aliphatic rings. The lowest BCUT2D eigenvalue weighted by Crippen LogP contribution is -2.35. The van der Waals surface area contributed by atoms with E-state index in [-0.39, 0.29) is 5.91 Å². The van der Waals surface area contributed by atoms with E-state index in [2.05, 4.69) is 11.8 Å². The van der Waals surface area contributed by atoms with Gasteiger partial charge in [-0.25, -0.2) is 0 Å². The molecule has 1 fully saturated rings. The third-order valence-electron chi connectivity index (χ3n) is 4.59. The largest absolute Gasteiger partial charge is 0.399 e. The number of benzene rings is 1. The lowest BCUT2D eigenvalue weighted by molar-refractivity contribution is 0.0761. The molecule has 0 spiro atoms. The second-order valence-corrected chi connectivity index (χ2v) is 6.53. The number of hydrogen-bond donors (Lipinski definition) is 1. The van der Waals surface area contributed by atoms with Crippen molar-refractivity contribution in [1.29, 1.82) is 0 Å². The number of unbranched alkanes of at least 4 members (excludes halogenated alkanes) is 4. The van der Waals surface area contributed by atoms with Crippen LogP contribution in [0.25, 0.3) is 0 Å². The molecule has 0 radical (unpaired) electrons. The van der Waals surface area contributed by atoms with Crippen LogP contribution in [-0.4, -0.2) is 48.4 Å². The molecule has 0 atom stereocenters. The zero-order valence-corrected chi connectivity index (χ0v) is 14.5. The van der Waals surface area contributed by atoms with Crippen molar-refractivity contribution in [1.82, 2.24) is 9.80 Å². The normalized spacial score (nSPS) is 16.3. The Balaban J connectivity index is 1.78. The molecule has 2 N–H and O–H groups in total. The van der Waals surface area contributed by atoms with Gasteiger partial charge in [0.25, 0.3) is 5.91 Å². The molecule has 128 valence electrons. The number of nitrogens with zero attached hydrogens (tertiary/aromatic N) is 2. The summed E-state index contributed by atoms with van der Waals surface area (Å²) in [4.78, 5) is 17.1. The van der Waals surface area contributed by atoms with E-state index in [4.69, 9.17) is 5.73 Å². The predicted molar refractivity (Wildman–Crippen MR) is 96.6 cm³/mol. The van der Waals surface area contributed by atoms with Crippen LogP contribution in [0.5, 0.6) is 0 Å². The highest BCUT2D eigenvalue weighted by molar-refractivity contribution is 5.95. The van der Waals surface area contributed by atoms with E-state index in [0.29, 0.717) is 11.3 Å². The summed E-state index contributed by atoms with van der Waals surface area (Å²) in [6.45, 7) is 7.18. The molecule has 4 nitrogen and oxygen atoms in total. The van der Waals surface area contributed by atoms with Gasteiger partial charge in [-0.3, -0.25) is 4.79 Å². The van der Waals surface area contributed by atoms with Gasteiger partial charge in [0, 0.05) is 30.9 Å². The minimum atomic E-state index is 0.113. The van der Waals surface area contributed by atoms with Gasteiger partial charge in [-0.2, -0.15) is 0 Å². The number of amides is 1. The Kier molecular flexibility index (Phi) is 7.40. The first-order valence-electron chi connectivity index (χ1n) is 9.08. The first-order chi connectivity index (χ1) is 11.2. The van der Waals surface area contributed by atoms with Gasteiger partial charge >= 0.3 is 0 Å². The van der Waals surface area contributed by atoms with Gasteiger partial charge in [0.1, 0.15) is 0 Å². The summed E-state index contributed by atoms with van der Waals surface area (Å²) in [7, 11) is 0. The molecule has 23 heavy (non-hydrogen) atoms. The van der Waals surface area contributed by atoms with E-state index in [1.165, 1.54) is 38.6 Å². The summed E-state index contributed by atoms with van der Waals surface area (Å²) in [6, 6.07) is 7.30. The minimum absolute atomic E-state index is 0.113. The van der Waals surface area contributed by atoms with E-state index >= 15 is 0 Å². The van der Waals surface area contributed by atoms with Crippen LogP contribution in [0.2, 0.25) is 0 Å². The van der Waals surface area contributed by atoms with Crippen LogP contribution < -0.4 is 5.73 Å². The van der Waals surface area contributed by atoms with Crippen molar-refractivity contribution in [2.24, 2.45) is 0 Å². The second kappa shape index (κ2) is 9.56. The highest BCUT2D eigenvalue weighted by atomic mass is 16.2. The van der Waals surface area contributed by atoms with E-state index in [1.54, 1.807) is 6.07 Å². The van der Waals surface area contributed by atoms with Crippen LogP contribution in [-0.2, 0) is 0 Å². The molecule has 1 amide bonds. The van der Waals surface area contributed by atoms with Crippen molar-refractivity contribution in [3.63, 3.8) is 0 Å². The summed E-state index contributed by atoms with van der Waals surface area (Å²) >= 11 is 0. The van der Waals surface area contributed by atoms with Crippen LogP contribution in [0.3, 0.4) is 0 Å². The maximum absolute atomic E-state index is 12.6. The lowest BCUT2D eigenvalue weighted by atomic mass is 10.1. The van der Waals surface area contributed by atoms with Crippen LogP contribution >= 0.6 is 0 Å². The standard InChI is InChI=1S/C19H31N3O/c1-2-3-4-5-6-11-21-12-8-13-22(15-14-21)19(23)17-9-7-10-18(20)16-17/h7,9-10,16H,2-6,8,11-15,20H2,1H3. The number of anilines is 1. The van der Waals surface area contributed by atoms with Gasteiger partial charge in [-0.1, -0.05) is 38.7 Å². The quantitative estimate of drug-likeness (QED) is 0.619. The Morgan fingerprint density at radius 3 is 2.70 bits per heavy atom. The summed E-state index contributed by atoms with van der Waals surface area (Å²) < 4.78 is 0. The van der Waals surface area contributed by atoms with E-state index in [0.717, 1.165) is 32.6 Å². The predicted octanol–water partition coefficient (Wildman–Crippen LogP) is 3.39. The number of hydrogen-bond acceptors (Lipinski definition) is 3. The smallest absolute Gasteiger partial charge is 0.253 e. The Labute approximate surface area is 140 Å². The van der Waals surface area contributed by atoms with E-state index in [9.17, 15) is 4.79 Å². The molecular weight excluding hydrogens is 286 g/mol. The highest BCUT2D eigenvalue weighted by Crippen LogP contribution is 2.13. The SMILES string of the molecule is CCCCCCCN1CCCN(C(=O)c2cccc(N)c2)CC1. The third-order valence-corrected chi connectivity index (χ3v) is 4.59. The molecule has 0 aromatic heterocycles. The number of nitrogen functional groups attached to an aromatic ring is 1. The lowest BCUT2D eigenvalue weighted by Gasteiger charge is -2.22. The van der Waals surface area contributed by atoms with Gasteiger partial charge in [0.15, 0.2) is 0 Å². The second-order valence-electron chi connectivity index (χ2n) is 6.53. The Hall–Kier alpha value is -1.55. The monoisotopic (exact) mass is 317 g/mol. The average molecular weight is 317 g/mol. The van der Waals surface area contributed by atoms with Gasteiger partial charge in [0.2, 0.25) is 0 Å². The Morgan fingerprint density at radius 1 is 1.09 bits per heavy atom. The molecule has 0 bridgehead atoms. The average Bonchev–Trinajstić information content (AvgIpc) is 2.80. The molecule has 0 unspecified atom stereocenters. The first kappa shape index (κ1) is 17.8. The van der Waals surface area contributed by atoms with Crippen molar-refractivity contribution >= 4 is 11.6 Å². The number of rotatable bonds is 7. The summed E-state index contributed by atoms with van der Waals surface area (Å²) in [6.07, 6.45) is 7.67. The van der Waals surface area contributed by atoms with Gasteiger partial charge < -0.3 is 15.5 Å². The van der Waals surface area contributed by atoms with Gasteiger partial charge in [-0.15, -0.1) is 0 Å². The zero-order chi connectivity index (χ0) is 16.5. The summed E-state index contributed by atoms with van der Waals surface area (Å²) in [5, 5.41) is 0. The van der Waals surface area contributed by atoms with Crippen molar-refractivity contribution in [2.45, 2.75) is 45.4 Å². The van der Waals surface area contributed by atoms with Crippen LogP contribution in [0.1, 0.15) is 55.8 Å². The molecule has 0 saturated carbocycles. The minimum Gasteiger partial charge on any atom is -0.399 e. The maximum atomic E-state index is 12.6. The molecule has 1 saturated heterocycles. The number of nitrogens with two attached hydrogens (primary N) is 1. The van der Waals surface area contributed by atoms with E-state index in [1.807, 2.05) is 23.1 Å². The van der Waals surface area contributed by atoms with Gasteiger partial charge in [0.05, 0.1) is 0 Å². The number of carbonyl (C=O) groups excluding carboxylic acids is 1. The fraction of sp³-hybridized carbons (Fsp3) is 0.632. The van der Waals surface area contributed by atoms with Gasteiger partial charge in [-0.05, 0) is 44.1 Å². The molecule has 1 heterocycles. The molecule has 0 aliphatic carbocycles. The van der Waals surface area contributed by atoms with E-state index < -0.39 is 0 Å². The van der Waals surface area contributed by atoms with Crippen LogP contribution in [0.15, 0.2) is 24.3 Å². The molecule has 2 rings (SSSR count). The summed E-state index contributed by atoms with van der Waals surface area (Å²) in [5.74, 6) is 0.113. The molecule has 1 aliphatic heterocycles. The van der Waals surface area contributed by atoms with Crippen molar-refractivity contribution in [3.8, 4) is 0 Å². The van der Waals surface area contributed by atoms with Crippen molar-refractivity contribution in [3.05, 3.63) is 29.8 Å². The number of carbonyl (C=O) groups is 1. The fourth-order valence-corrected chi connectivity index (χ4v) is 3.19. The Morgan fingerprint density at radius 2 is 1.91 bits per heavy atom.